The number of hydrogen-bond acceptors (Lipinski definition) is 4. The quantitative estimate of drug-likeness (QED) is 0.383. The first-order valence-electron chi connectivity index (χ1n) is 0.667. The minimum Gasteiger partial charge on any atom is -0.780 e. The van der Waals surface area contributed by atoms with Crippen molar-refractivity contribution in [2.24, 2.45) is 0 Å². The second-order valence-corrected chi connectivity index (χ2v) is 2.45. The number of rotatable bonds is 0. The van der Waals surface area contributed by atoms with Crippen LogP contribution in [0.1, 0.15) is 0 Å². The molecular formula is H14NaO10S2-. The van der Waals surface area contributed by atoms with Crippen LogP contribution in [0.15, 0.2) is 0 Å². The molecule has 0 aliphatic heterocycles. The summed E-state index contributed by atoms with van der Waals surface area (Å²) in [6.45, 7) is 0. The third-order valence-electron chi connectivity index (χ3n) is 0. The predicted molar refractivity (Wildman–Crippen MR) is 42.4 cm³/mol. The molecule has 13 heavy (non-hydrogen) atoms. The molecule has 0 aliphatic carbocycles. The maximum absolute atomic E-state index is 8.89. The molecule has 0 aromatic carbocycles. The van der Waals surface area contributed by atoms with Crippen molar-refractivity contribution in [1.82, 2.24) is 0 Å². The Kier molecular flexibility index (Phi) is 278. The smallest absolute Gasteiger partial charge is 0.780 e. The van der Waals surface area contributed by atoms with E-state index in [4.69, 9.17) is 13.3 Å². The van der Waals surface area contributed by atoms with Gasteiger partial charge in [-0.15, -0.1) is 9.05 Å². The minimum absolute atomic E-state index is 0. The maximum atomic E-state index is 8.89. The first-order chi connectivity index (χ1) is 2.00. The first-order valence-corrected chi connectivity index (χ1v) is 3.00. The molecule has 0 rings (SSSR count). The summed E-state index contributed by atoms with van der Waals surface area (Å²) in [5.74, 6) is 0. The first kappa shape index (κ1) is 94.5. The van der Waals surface area contributed by atoms with Crippen molar-refractivity contribution in [3.63, 3.8) is 0 Å². The van der Waals surface area contributed by atoms with Gasteiger partial charge in [-0.2, -0.15) is 0 Å². The van der Waals surface area contributed by atoms with Crippen molar-refractivity contribution in [2.75, 3.05) is 0 Å². The fraction of sp³-hybridized carbons (Fsp3) is 0. The molecule has 0 saturated carbocycles. The van der Waals surface area contributed by atoms with Gasteiger partial charge >= 0.3 is 29.6 Å². The van der Waals surface area contributed by atoms with E-state index in [-0.39, 0.29) is 67.9 Å². The molecule has 0 radical (unpaired) electrons. The predicted octanol–water partition coefficient (Wildman–Crippen LogP) is -9.78. The maximum Gasteiger partial charge on any atom is 1.00 e. The van der Waals surface area contributed by atoms with E-state index in [9.17, 15) is 0 Å². The van der Waals surface area contributed by atoms with Crippen LogP contribution in [0, 0.1) is 0 Å². The van der Waals surface area contributed by atoms with Crippen molar-refractivity contribution in [3.05, 3.63) is 0 Å². The third kappa shape index (κ3) is 1550. The monoisotopic (exact) mass is 261 g/mol. The summed E-state index contributed by atoms with van der Waals surface area (Å²) in [4.78, 5) is 0. The molecule has 0 aliphatic rings. The molecule has 0 spiro atoms. The molecule has 0 unspecified atom stereocenters. The summed E-state index contributed by atoms with van der Waals surface area (Å²) in [5, 5.41) is 0. The van der Waals surface area contributed by atoms with Gasteiger partial charge in [-0.3, -0.25) is 4.21 Å². The molecule has 0 amide bonds. The van der Waals surface area contributed by atoms with Gasteiger partial charge < -0.3 is 47.4 Å². The zero-order valence-electron chi connectivity index (χ0n) is 6.54. The van der Waals surface area contributed by atoms with Crippen LogP contribution in [-0.4, -0.2) is 51.6 Å². The van der Waals surface area contributed by atoms with Crippen LogP contribution >= 0.6 is 0 Å². The van der Waals surface area contributed by atoms with Crippen molar-refractivity contribution < 1.29 is 81.2 Å². The molecule has 0 aromatic heterocycles. The summed E-state index contributed by atoms with van der Waals surface area (Å²) >= 11 is 3.24. The van der Waals surface area contributed by atoms with E-state index in [1.165, 1.54) is 0 Å². The van der Waals surface area contributed by atoms with Crippen LogP contribution in [0.4, 0.5) is 0 Å². The molecule has 0 aromatic rings. The van der Waals surface area contributed by atoms with Crippen molar-refractivity contribution >= 4 is 20.2 Å². The Morgan fingerprint density at radius 1 is 0.769 bits per heavy atom. The number of hydrogen-bond donors (Lipinski definition) is 0. The molecular weight excluding hydrogens is 247 g/mol. The third-order valence-corrected chi connectivity index (χ3v) is 0. The van der Waals surface area contributed by atoms with E-state index in [1.807, 2.05) is 0 Å². The Morgan fingerprint density at radius 2 is 0.769 bits per heavy atom. The summed E-state index contributed by atoms with van der Waals surface area (Å²) in [6, 6.07) is 0. The van der Waals surface area contributed by atoms with Gasteiger partial charge in [0.15, 0.2) is 0 Å². The Bertz CT molecular complexity index is 96.1. The molecule has 13 heteroatoms. The zero-order valence-corrected chi connectivity index (χ0v) is 10.2. The average Bonchev–Trinajstić information content (AvgIpc) is 0.722. The summed E-state index contributed by atoms with van der Waals surface area (Å²) < 4.78 is 26.7. The van der Waals surface area contributed by atoms with E-state index < -0.39 is 9.05 Å². The normalized spacial score (nSPS) is 4.46. The second kappa shape index (κ2) is 38.2. The van der Waals surface area contributed by atoms with E-state index >= 15 is 0 Å². The molecule has 0 saturated heterocycles. The van der Waals surface area contributed by atoms with Gasteiger partial charge in [0.25, 0.3) is 0 Å². The van der Waals surface area contributed by atoms with Gasteiger partial charge in [-0.25, -0.2) is 0 Å². The zero-order chi connectivity index (χ0) is 4.50. The summed E-state index contributed by atoms with van der Waals surface area (Å²) in [5.41, 5.74) is 0. The summed E-state index contributed by atoms with van der Waals surface area (Å²) in [7, 11) is -4.33. The van der Waals surface area contributed by atoms with Crippen molar-refractivity contribution in [3.8, 4) is 0 Å². The van der Waals surface area contributed by atoms with Gasteiger partial charge in [0, 0.05) is 0 Å². The molecule has 0 heterocycles. The van der Waals surface area contributed by atoms with E-state index in [0.717, 1.165) is 0 Å². The molecule has 14 N–H and O–H groups in total. The Labute approximate surface area is 101 Å². The van der Waals surface area contributed by atoms with Gasteiger partial charge in [0.1, 0.15) is 0 Å². The van der Waals surface area contributed by atoms with Gasteiger partial charge in [0.2, 0.25) is 0 Å². The second-order valence-electron chi connectivity index (χ2n) is 0.408. The van der Waals surface area contributed by atoms with Crippen LogP contribution < -0.4 is 29.6 Å². The van der Waals surface area contributed by atoms with E-state index in [2.05, 4.69) is 11.2 Å². The van der Waals surface area contributed by atoms with Crippen LogP contribution in [0.3, 0.4) is 0 Å². The molecule has 88 valence electrons. The fourth-order valence-electron chi connectivity index (χ4n) is 0. The van der Waals surface area contributed by atoms with Crippen molar-refractivity contribution in [2.45, 2.75) is 0 Å². The molecule has 0 atom stereocenters. The van der Waals surface area contributed by atoms with Crippen LogP contribution in [0.25, 0.3) is 0 Å². The molecule has 10 nitrogen and oxygen atoms in total. The SMILES string of the molecule is O.O.O.O.O.O.O.O=S([O-])([O-])=S.[Na+]. The molecule has 0 fully saturated rings. The Balaban J connectivity index is -0.00000000286. The minimum atomic E-state index is -4.33. The Morgan fingerprint density at radius 3 is 0.769 bits per heavy atom. The van der Waals surface area contributed by atoms with Crippen LogP contribution in [0.2, 0.25) is 0 Å². The van der Waals surface area contributed by atoms with Gasteiger partial charge in [0.05, 0.1) is 0 Å². The average molecular weight is 261 g/mol. The van der Waals surface area contributed by atoms with Gasteiger partial charge in [-0.1, -0.05) is 0 Å². The standard InChI is InChI=1S/Na.H2O3S2.7H2O/c;1-5(2,3)4;;;;;;;/h;(H2,1,2,3,4);7*1H2/q+1;;;;;;;;/p-2. The van der Waals surface area contributed by atoms with Gasteiger partial charge in [-0.05, 0) is 11.2 Å². The van der Waals surface area contributed by atoms with Crippen molar-refractivity contribution in [1.29, 1.82) is 0 Å². The largest absolute Gasteiger partial charge is 1.00 e. The topological polar surface area (TPSA) is 284 Å². The van der Waals surface area contributed by atoms with E-state index in [0.29, 0.717) is 0 Å². The molecule has 0 bridgehead atoms. The fourth-order valence-corrected chi connectivity index (χ4v) is 0. The Hall–Kier alpha value is 1.01. The van der Waals surface area contributed by atoms with Crippen LogP contribution in [0.5, 0.6) is 0 Å². The summed E-state index contributed by atoms with van der Waals surface area (Å²) in [6.07, 6.45) is 0. The van der Waals surface area contributed by atoms with Crippen LogP contribution in [-0.2, 0) is 20.2 Å². The van der Waals surface area contributed by atoms with E-state index in [1.54, 1.807) is 0 Å².